The lowest BCUT2D eigenvalue weighted by Crippen LogP contribution is -2.44. The summed E-state index contributed by atoms with van der Waals surface area (Å²) in [5.41, 5.74) is 7.85. The minimum absolute atomic E-state index is 0.211. The topological polar surface area (TPSA) is 46.2 Å². The van der Waals surface area contributed by atoms with Gasteiger partial charge in [-0.15, -0.1) is 0 Å². The lowest BCUT2D eigenvalue weighted by atomic mass is 9.91. The first-order valence-corrected chi connectivity index (χ1v) is 11.6. The summed E-state index contributed by atoms with van der Waals surface area (Å²) < 4.78 is 11.1. The number of nitrogens with one attached hydrogen (secondary N) is 1. The van der Waals surface area contributed by atoms with Gasteiger partial charge >= 0.3 is 0 Å². The van der Waals surface area contributed by atoms with Crippen LogP contribution in [0.5, 0.6) is 0 Å². The van der Waals surface area contributed by atoms with E-state index in [9.17, 15) is 9.00 Å². The fourth-order valence-electron chi connectivity index (χ4n) is 3.30. The molecule has 0 aliphatic carbocycles. The summed E-state index contributed by atoms with van der Waals surface area (Å²) in [4.78, 5) is 12.8. The van der Waals surface area contributed by atoms with E-state index in [1.807, 2.05) is 0 Å². The molecule has 0 saturated heterocycles. The molecule has 0 bridgehead atoms. The van der Waals surface area contributed by atoms with Crippen LogP contribution >= 0.6 is 0 Å². The zero-order valence-corrected chi connectivity index (χ0v) is 19.1. The van der Waals surface area contributed by atoms with E-state index < -0.39 is 15.5 Å². The van der Waals surface area contributed by atoms with E-state index in [1.54, 1.807) is 20.1 Å². The van der Waals surface area contributed by atoms with Gasteiger partial charge in [0.25, 0.3) is 0 Å². The lowest BCUT2D eigenvalue weighted by molar-refractivity contribution is -0.122. The quantitative estimate of drug-likeness (QED) is 0.581. The summed E-state index contributed by atoms with van der Waals surface area (Å²) in [6.07, 6.45) is 1.57. The molecule has 1 N–H and O–H groups in total. The average molecular weight is 420 g/mol. The highest BCUT2D eigenvalue weighted by Crippen LogP contribution is 2.33. The van der Waals surface area contributed by atoms with E-state index in [1.165, 1.54) is 11.1 Å². The monoisotopic (exact) mass is 419 g/mol. The molecule has 3 rings (SSSR count). The van der Waals surface area contributed by atoms with Gasteiger partial charge < -0.3 is 5.32 Å². The van der Waals surface area contributed by atoms with Gasteiger partial charge in [-0.2, -0.15) is 0 Å². The van der Waals surface area contributed by atoms with Crippen LogP contribution in [0.3, 0.4) is 0 Å². The van der Waals surface area contributed by atoms with E-state index >= 15 is 0 Å². The molecule has 0 aromatic heterocycles. The molecule has 3 nitrogen and oxygen atoms in total. The van der Waals surface area contributed by atoms with Crippen LogP contribution in [-0.4, -0.2) is 21.1 Å². The van der Waals surface area contributed by atoms with Crippen molar-refractivity contribution in [3.8, 4) is 22.3 Å². The molecule has 3 aromatic carbocycles. The predicted octanol–water partition coefficient (Wildman–Crippen LogP) is 5.41. The van der Waals surface area contributed by atoms with Gasteiger partial charge in [0.15, 0.2) is 0 Å². The molecule has 3 aromatic rings. The number of carbonyl (C=O) groups is 1. The molecule has 4 heteroatoms. The molecule has 0 aliphatic rings. The Morgan fingerprint density at radius 1 is 0.833 bits per heavy atom. The van der Waals surface area contributed by atoms with Crippen LogP contribution in [0, 0.1) is 13.8 Å². The molecule has 1 unspecified atom stereocenters. The zero-order valence-electron chi connectivity index (χ0n) is 18.3. The number of amides is 1. The Morgan fingerprint density at radius 3 is 1.67 bits per heavy atom. The molecule has 156 valence electrons. The highest BCUT2D eigenvalue weighted by atomic mass is 32.2. The molecule has 0 fully saturated rings. The first kappa shape index (κ1) is 22.0. The molecule has 0 radical (unpaired) electrons. The summed E-state index contributed by atoms with van der Waals surface area (Å²) >= 11 is 0. The number of rotatable bonds is 6. The van der Waals surface area contributed by atoms with E-state index in [4.69, 9.17) is 0 Å². The second kappa shape index (κ2) is 8.97. The second-order valence-electron chi connectivity index (χ2n) is 8.21. The fourth-order valence-corrected chi connectivity index (χ4v) is 3.63. The Balaban J connectivity index is 2.06. The van der Waals surface area contributed by atoms with Gasteiger partial charge in [0.05, 0.1) is 0 Å². The SMILES string of the molecule is Cc1ccc(-c2cccc(-c3ccc(C)cc3)c2CNC(=O)C(C)(C)S(C)=O)cc1. The second-order valence-corrected chi connectivity index (χ2v) is 10.1. The molecule has 1 amide bonds. The van der Waals surface area contributed by atoms with Crippen molar-refractivity contribution in [3.05, 3.63) is 83.4 Å². The molecule has 1 atom stereocenters. The van der Waals surface area contributed by atoms with Crippen molar-refractivity contribution in [3.63, 3.8) is 0 Å². The Labute approximate surface area is 182 Å². The largest absolute Gasteiger partial charge is 0.351 e. The average Bonchev–Trinajstić information content (AvgIpc) is 2.73. The van der Waals surface area contributed by atoms with Crippen LogP contribution in [0.4, 0.5) is 0 Å². The number of hydrogen-bond acceptors (Lipinski definition) is 2. The van der Waals surface area contributed by atoms with Crippen LogP contribution in [0.15, 0.2) is 66.7 Å². The van der Waals surface area contributed by atoms with Crippen LogP contribution in [0.2, 0.25) is 0 Å². The highest BCUT2D eigenvalue weighted by Gasteiger charge is 2.31. The first-order valence-electron chi connectivity index (χ1n) is 10.1. The summed E-state index contributed by atoms with van der Waals surface area (Å²) in [7, 11) is -1.26. The van der Waals surface area contributed by atoms with E-state index in [0.29, 0.717) is 6.54 Å². The van der Waals surface area contributed by atoms with Crippen molar-refractivity contribution in [2.75, 3.05) is 6.26 Å². The normalized spacial score (nSPS) is 12.4. The first-order chi connectivity index (χ1) is 14.2. The Hall–Kier alpha value is -2.72. The summed E-state index contributed by atoms with van der Waals surface area (Å²) in [6, 6.07) is 23.1. The number of benzene rings is 3. The Bertz CT molecular complexity index is 1000. The molecule has 0 spiro atoms. The highest BCUT2D eigenvalue weighted by molar-refractivity contribution is 7.86. The summed E-state index contributed by atoms with van der Waals surface area (Å²) in [5, 5.41) is 3.03. The van der Waals surface area contributed by atoms with Crippen molar-refractivity contribution < 1.29 is 9.00 Å². The summed E-state index contributed by atoms with van der Waals surface area (Å²) in [6.45, 7) is 7.93. The third-order valence-corrected chi connectivity index (χ3v) is 7.22. The van der Waals surface area contributed by atoms with Gasteiger partial charge in [-0.1, -0.05) is 77.9 Å². The van der Waals surface area contributed by atoms with Gasteiger partial charge in [-0.3, -0.25) is 9.00 Å². The maximum absolute atomic E-state index is 12.8. The lowest BCUT2D eigenvalue weighted by Gasteiger charge is -2.22. The van der Waals surface area contributed by atoms with Crippen LogP contribution in [0.1, 0.15) is 30.5 Å². The van der Waals surface area contributed by atoms with Gasteiger partial charge in [0.1, 0.15) is 4.75 Å². The van der Waals surface area contributed by atoms with Gasteiger partial charge in [0.2, 0.25) is 5.91 Å². The predicted molar refractivity (Wildman–Crippen MR) is 127 cm³/mol. The third kappa shape index (κ3) is 4.71. The maximum Gasteiger partial charge on any atom is 0.238 e. The molecule has 0 aliphatic heterocycles. The van der Waals surface area contributed by atoms with Crippen molar-refractivity contribution in [2.45, 2.75) is 39.0 Å². The molecular formula is C26H29NO2S. The minimum atomic E-state index is -1.26. The number of carbonyl (C=O) groups excluding carboxylic acids is 1. The maximum atomic E-state index is 12.8. The van der Waals surface area contributed by atoms with E-state index in [2.05, 4.69) is 85.9 Å². The standard InChI is InChI=1S/C26H29NO2S/c1-18-9-13-20(14-10-18)22-7-6-8-23(21-15-11-19(2)12-16-21)24(22)17-27-25(28)26(3,4)30(5)29/h6-16H,17H2,1-5H3,(H,27,28). The molecule has 0 saturated carbocycles. The van der Waals surface area contributed by atoms with Crippen LogP contribution < -0.4 is 5.32 Å². The van der Waals surface area contributed by atoms with Crippen LogP contribution in [-0.2, 0) is 22.1 Å². The fraction of sp³-hybridized carbons (Fsp3) is 0.269. The summed E-state index contributed by atoms with van der Waals surface area (Å²) in [5.74, 6) is -0.211. The van der Waals surface area contributed by atoms with Crippen molar-refractivity contribution in [1.82, 2.24) is 5.32 Å². The minimum Gasteiger partial charge on any atom is -0.351 e. The van der Waals surface area contributed by atoms with E-state index in [0.717, 1.165) is 27.8 Å². The smallest absolute Gasteiger partial charge is 0.238 e. The zero-order chi connectivity index (χ0) is 21.9. The van der Waals surface area contributed by atoms with Gasteiger partial charge in [0, 0.05) is 23.6 Å². The third-order valence-electron chi connectivity index (χ3n) is 5.59. The van der Waals surface area contributed by atoms with Crippen molar-refractivity contribution >= 4 is 16.7 Å². The Kier molecular flexibility index (Phi) is 6.57. The number of aryl methyl sites for hydroxylation is 2. The van der Waals surface area contributed by atoms with E-state index in [-0.39, 0.29) is 5.91 Å². The number of hydrogen-bond donors (Lipinski definition) is 1. The van der Waals surface area contributed by atoms with Crippen LogP contribution in [0.25, 0.3) is 22.3 Å². The molecule has 30 heavy (non-hydrogen) atoms. The Morgan fingerprint density at radius 2 is 1.27 bits per heavy atom. The molecular weight excluding hydrogens is 390 g/mol. The molecule has 0 heterocycles. The van der Waals surface area contributed by atoms with Crippen molar-refractivity contribution in [2.24, 2.45) is 0 Å². The van der Waals surface area contributed by atoms with Crippen molar-refractivity contribution in [1.29, 1.82) is 0 Å². The van der Waals surface area contributed by atoms with Gasteiger partial charge in [-0.25, -0.2) is 0 Å². The van der Waals surface area contributed by atoms with Gasteiger partial charge in [-0.05, 0) is 55.5 Å².